The van der Waals surface area contributed by atoms with Crippen LogP contribution < -0.4 is 15.4 Å². The lowest BCUT2D eigenvalue weighted by Gasteiger charge is -2.30. The number of aromatic nitrogens is 3. The van der Waals surface area contributed by atoms with Crippen molar-refractivity contribution in [3.05, 3.63) is 72.3 Å². The summed E-state index contributed by atoms with van der Waals surface area (Å²) in [6.07, 6.45) is 23.6. The molecule has 0 spiro atoms. The smallest absolute Gasteiger partial charge is 0.307 e. The van der Waals surface area contributed by atoms with Gasteiger partial charge >= 0.3 is 5.72 Å². The predicted octanol–water partition coefficient (Wildman–Crippen LogP) is 10.7. The van der Waals surface area contributed by atoms with Crippen LogP contribution >= 0.6 is 0 Å². The number of unbranched alkanes of at least 4 members (excludes halogenated alkanes) is 17. The fourth-order valence-electron chi connectivity index (χ4n) is 7.25. The fraction of sp³-hybridized carbons (Fsp3) is 0.543. The summed E-state index contributed by atoms with van der Waals surface area (Å²) in [5.41, 5.74) is -1.42. The SMILES string of the molecule is CCCCCCCCCCCCCCCCCCOc1ccc(C(=O)C(OC)(C(=O)Nc2cccc(S(=O)(=O)O)c2)n2nnc3cc(NC(=O)CCCCC)ccc32)cc1. The third kappa shape index (κ3) is 14.5. The minimum absolute atomic E-state index is 0.0281. The Morgan fingerprint density at radius 1 is 0.700 bits per heavy atom. The van der Waals surface area contributed by atoms with Gasteiger partial charge in [0.15, 0.2) is 0 Å². The molecule has 14 heteroatoms. The number of benzene rings is 3. The van der Waals surface area contributed by atoms with E-state index < -0.39 is 32.4 Å². The van der Waals surface area contributed by atoms with E-state index in [1.165, 1.54) is 121 Å². The topological polar surface area (TPSA) is 179 Å². The molecule has 13 nitrogen and oxygen atoms in total. The first-order chi connectivity index (χ1) is 29.0. The molecule has 0 saturated carbocycles. The van der Waals surface area contributed by atoms with Crippen LogP contribution in [0.5, 0.6) is 5.75 Å². The lowest BCUT2D eigenvalue weighted by atomic mass is 9.98. The van der Waals surface area contributed by atoms with E-state index in [9.17, 15) is 27.4 Å². The van der Waals surface area contributed by atoms with Crippen molar-refractivity contribution in [2.24, 2.45) is 0 Å². The molecule has 0 saturated heterocycles. The molecule has 1 aromatic heterocycles. The summed E-state index contributed by atoms with van der Waals surface area (Å²) in [4.78, 5) is 41.0. The van der Waals surface area contributed by atoms with Gasteiger partial charge in [-0.15, -0.1) is 5.10 Å². The number of Topliss-reactive ketones (excluding diaryl/α,β-unsaturated/α-hetero) is 1. The number of hydrogen-bond donors (Lipinski definition) is 3. The minimum atomic E-state index is -4.60. The summed E-state index contributed by atoms with van der Waals surface area (Å²) in [6.45, 7) is 4.85. The summed E-state index contributed by atoms with van der Waals surface area (Å²) in [5, 5.41) is 13.8. The highest BCUT2D eigenvalue weighted by Crippen LogP contribution is 2.31. The highest BCUT2D eigenvalue weighted by Gasteiger charge is 2.51. The van der Waals surface area contributed by atoms with Crippen molar-refractivity contribution in [2.75, 3.05) is 24.4 Å². The first-order valence-electron chi connectivity index (χ1n) is 21.9. The minimum Gasteiger partial charge on any atom is -0.494 e. The second-order valence-corrected chi connectivity index (χ2v) is 16.9. The van der Waals surface area contributed by atoms with Gasteiger partial charge in [0.1, 0.15) is 11.3 Å². The van der Waals surface area contributed by atoms with E-state index in [4.69, 9.17) is 9.47 Å². The average molecular weight is 848 g/mol. The summed E-state index contributed by atoms with van der Waals surface area (Å²) < 4.78 is 46.2. The van der Waals surface area contributed by atoms with Crippen LogP contribution in [0.4, 0.5) is 11.4 Å². The van der Waals surface area contributed by atoms with Crippen molar-refractivity contribution >= 4 is 50.1 Å². The van der Waals surface area contributed by atoms with Gasteiger partial charge in [-0.2, -0.15) is 13.1 Å². The Morgan fingerprint density at radius 3 is 1.85 bits per heavy atom. The predicted molar refractivity (Wildman–Crippen MR) is 236 cm³/mol. The van der Waals surface area contributed by atoms with E-state index in [0.29, 0.717) is 24.5 Å². The van der Waals surface area contributed by atoms with Crippen LogP contribution in [0.1, 0.15) is 153 Å². The number of anilines is 2. The van der Waals surface area contributed by atoms with Crippen LogP contribution in [0.25, 0.3) is 11.0 Å². The Bertz CT molecular complexity index is 2050. The zero-order chi connectivity index (χ0) is 43.2. The molecule has 3 aromatic carbocycles. The van der Waals surface area contributed by atoms with E-state index >= 15 is 0 Å². The van der Waals surface area contributed by atoms with Gasteiger partial charge in [-0.1, -0.05) is 134 Å². The third-order valence-electron chi connectivity index (χ3n) is 10.7. The van der Waals surface area contributed by atoms with Gasteiger partial charge in [-0.05, 0) is 73.5 Å². The summed E-state index contributed by atoms with van der Waals surface area (Å²) in [6, 6.07) is 16.1. The average Bonchev–Trinajstić information content (AvgIpc) is 3.66. The first kappa shape index (κ1) is 48.0. The number of nitrogens with one attached hydrogen (secondary N) is 2. The molecule has 4 rings (SSSR count). The molecule has 0 aliphatic carbocycles. The molecule has 3 N–H and O–H groups in total. The van der Waals surface area contributed by atoms with Gasteiger partial charge < -0.3 is 20.1 Å². The number of rotatable bonds is 30. The summed E-state index contributed by atoms with van der Waals surface area (Å²) in [5.74, 6) is -1.39. The molecule has 1 heterocycles. The van der Waals surface area contributed by atoms with Crippen molar-refractivity contribution in [1.82, 2.24) is 15.0 Å². The zero-order valence-electron chi connectivity index (χ0n) is 35.8. The highest BCUT2D eigenvalue weighted by atomic mass is 32.2. The lowest BCUT2D eigenvalue weighted by Crippen LogP contribution is -2.54. The van der Waals surface area contributed by atoms with E-state index in [1.807, 2.05) is 0 Å². The van der Waals surface area contributed by atoms with Crippen molar-refractivity contribution in [3.8, 4) is 5.75 Å². The van der Waals surface area contributed by atoms with Gasteiger partial charge in [0.2, 0.25) is 11.7 Å². The Kier molecular flexibility index (Phi) is 20.2. The maximum Gasteiger partial charge on any atom is 0.307 e. The normalized spacial score (nSPS) is 12.6. The molecule has 0 bridgehead atoms. The molecule has 4 aromatic rings. The van der Waals surface area contributed by atoms with E-state index in [1.54, 1.807) is 30.3 Å². The molecular weight excluding hydrogens is 783 g/mol. The monoisotopic (exact) mass is 847 g/mol. The van der Waals surface area contributed by atoms with Crippen molar-refractivity contribution in [3.63, 3.8) is 0 Å². The Balaban J connectivity index is 1.38. The van der Waals surface area contributed by atoms with Crippen LogP contribution in [0.15, 0.2) is 71.6 Å². The Labute approximate surface area is 356 Å². The number of nitrogens with zero attached hydrogens (tertiary/aromatic N) is 3. The van der Waals surface area contributed by atoms with Gasteiger partial charge in [0, 0.05) is 30.5 Å². The van der Waals surface area contributed by atoms with Crippen LogP contribution in [-0.2, 0) is 30.2 Å². The number of hydrogen-bond acceptors (Lipinski definition) is 9. The summed E-state index contributed by atoms with van der Waals surface area (Å²) >= 11 is 0. The van der Waals surface area contributed by atoms with E-state index in [2.05, 4.69) is 34.8 Å². The Hall–Kier alpha value is -4.66. The first-order valence-corrected chi connectivity index (χ1v) is 23.3. The number of ether oxygens (including phenoxy) is 2. The molecule has 60 heavy (non-hydrogen) atoms. The van der Waals surface area contributed by atoms with Crippen molar-refractivity contribution in [1.29, 1.82) is 0 Å². The molecule has 0 aliphatic heterocycles. The van der Waals surface area contributed by atoms with Crippen molar-refractivity contribution in [2.45, 2.75) is 153 Å². The van der Waals surface area contributed by atoms with Gasteiger partial charge in [0.05, 0.1) is 17.0 Å². The van der Waals surface area contributed by atoms with Crippen molar-refractivity contribution < 1.29 is 36.8 Å². The number of carbonyl (C=O) groups is 3. The number of fused-ring (bicyclic) bond motifs is 1. The number of methoxy groups -OCH3 is 1. The molecule has 0 aliphatic rings. The lowest BCUT2D eigenvalue weighted by molar-refractivity contribution is -0.143. The quantitative estimate of drug-likeness (QED) is 0.0198. The fourth-order valence-corrected chi connectivity index (χ4v) is 7.78. The van der Waals surface area contributed by atoms with Crippen LogP contribution in [0.2, 0.25) is 0 Å². The molecule has 0 fully saturated rings. The van der Waals surface area contributed by atoms with Crippen LogP contribution in [0, 0.1) is 0 Å². The van der Waals surface area contributed by atoms with E-state index in [-0.39, 0.29) is 28.2 Å². The maximum absolute atomic E-state index is 14.6. The number of carbonyl (C=O) groups excluding carboxylic acids is 3. The standard InChI is InChI=1S/C46H65N5O8S/c1-4-6-8-9-10-11-12-13-14-15-16-17-18-19-20-22-33-59-39-30-27-36(28-31-39)44(53)46(58-3,45(54)48-37-24-23-25-40(34-37)60(55,56)57)51-42-32-29-38(35-41(42)49-50-51)47-43(52)26-21-7-5-2/h23-25,27-32,34-35H,4-22,26,33H2,1-3H3,(H,47,52)(H,48,54)(H,55,56,57). The molecule has 0 radical (unpaired) electrons. The second-order valence-electron chi connectivity index (χ2n) is 15.5. The molecule has 2 amide bonds. The number of ketones is 1. The molecule has 328 valence electrons. The molecular formula is C46H65N5O8S. The zero-order valence-corrected chi connectivity index (χ0v) is 36.6. The summed E-state index contributed by atoms with van der Waals surface area (Å²) in [7, 11) is -3.42. The second kappa shape index (κ2) is 25.2. The van der Waals surface area contributed by atoms with Crippen LogP contribution in [0.3, 0.4) is 0 Å². The van der Waals surface area contributed by atoms with Gasteiger partial charge in [0.25, 0.3) is 16.0 Å². The van der Waals surface area contributed by atoms with Gasteiger partial charge in [-0.3, -0.25) is 18.9 Å². The Morgan fingerprint density at radius 2 is 1.27 bits per heavy atom. The maximum atomic E-state index is 14.6. The number of amides is 2. The highest BCUT2D eigenvalue weighted by molar-refractivity contribution is 7.85. The molecule has 1 atom stereocenters. The van der Waals surface area contributed by atoms with Gasteiger partial charge in [-0.25, -0.2) is 0 Å². The third-order valence-corrected chi connectivity index (χ3v) is 11.6. The largest absolute Gasteiger partial charge is 0.494 e. The molecule has 1 unspecified atom stereocenters. The van der Waals surface area contributed by atoms with Crippen LogP contribution in [-0.4, -0.2) is 59.3 Å². The van der Waals surface area contributed by atoms with E-state index in [0.717, 1.165) is 48.9 Å².